The van der Waals surface area contributed by atoms with Crippen LogP contribution in [0.4, 0.5) is 4.39 Å². The topological polar surface area (TPSA) is 21.6 Å². The number of thioether (sulfide) groups is 1. The second-order valence-electron chi connectivity index (χ2n) is 4.48. The first-order valence-electron chi connectivity index (χ1n) is 6.46. The molecule has 0 spiro atoms. The van der Waals surface area contributed by atoms with Crippen molar-refractivity contribution in [2.45, 2.75) is 6.61 Å². The number of nitrogens with zero attached hydrogens (tertiary/aromatic N) is 1. The molecule has 2 nitrogen and oxygen atoms in total. The monoisotopic (exact) mass is 287 g/mol. The molecule has 0 aromatic heterocycles. The van der Waals surface area contributed by atoms with E-state index in [4.69, 9.17) is 4.74 Å². The average Bonchev–Trinajstić information content (AvgIpc) is 3.00. The van der Waals surface area contributed by atoms with E-state index in [9.17, 15) is 4.39 Å². The van der Waals surface area contributed by atoms with Crippen molar-refractivity contribution in [3.63, 3.8) is 0 Å². The molecule has 0 fully saturated rings. The van der Waals surface area contributed by atoms with Crippen LogP contribution in [-0.2, 0) is 6.61 Å². The predicted molar refractivity (Wildman–Crippen MR) is 81.0 cm³/mol. The highest BCUT2D eigenvalue weighted by Crippen LogP contribution is 2.23. The maximum absolute atomic E-state index is 13.1. The summed E-state index contributed by atoms with van der Waals surface area (Å²) in [5.74, 6) is 1.59. The number of benzene rings is 2. The van der Waals surface area contributed by atoms with Gasteiger partial charge >= 0.3 is 0 Å². The maximum atomic E-state index is 13.1. The molecule has 1 aliphatic rings. The standard InChI is InChI=1S/C16H14FNOS/c17-14-5-1-3-12(9-14)11-19-15-6-2-4-13(10-15)16-18-7-8-20-16/h1-6,9-10H,7-8,11H2. The van der Waals surface area contributed by atoms with Crippen LogP contribution in [0, 0.1) is 5.82 Å². The number of ether oxygens (including phenoxy) is 1. The molecule has 0 atom stereocenters. The Morgan fingerprint density at radius 2 is 2.05 bits per heavy atom. The first-order chi connectivity index (χ1) is 9.81. The summed E-state index contributed by atoms with van der Waals surface area (Å²) >= 11 is 1.77. The smallest absolute Gasteiger partial charge is 0.123 e. The van der Waals surface area contributed by atoms with Gasteiger partial charge in [-0.2, -0.15) is 0 Å². The Morgan fingerprint density at radius 1 is 1.15 bits per heavy atom. The van der Waals surface area contributed by atoms with E-state index in [1.807, 2.05) is 30.3 Å². The van der Waals surface area contributed by atoms with Gasteiger partial charge in [0.25, 0.3) is 0 Å². The number of halogens is 1. The van der Waals surface area contributed by atoms with Crippen molar-refractivity contribution < 1.29 is 9.13 Å². The summed E-state index contributed by atoms with van der Waals surface area (Å²) in [6.07, 6.45) is 0. The quantitative estimate of drug-likeness (QED) is 0.850. The van der Waals surface area contributed by atoms with Crippen LogP contribution in [0.25, 0.3) is 0 Å². The largest absolute Gasteiger partial charge is 0.489 e. The summed E-state index contributed by atoms with van der Waals surface area (Å²) in [7, 11) is 0. The molecular weight excluding hydrogens is 273 g/mol. The molecule has 0 saturated heterocycles. The number of aliphatic imine (C=N–C) groups is 1. The molecule has 1 aliphatic heterocycles. The van der Waals surface area contributed by atoms with Crippen LogP contribution in [0.1, 0.15) is 11.1 Å². The van der Waals surface area contributed by atoms with Gasteiger partial charge in [-0.3, -0.25) is 4.99 Å². The lowest BCUT2D eigenvalue weighted by Gasteiger charge is -2.08. The molecule has 0 aliphatic carbocycles. The van der Waals surface area contributed by atoms with E-state index in [1.165, 1.54) is 12.1 Å². The van der Waals surface area contributed by atoms with Crippen molar-refractivity contribution in [2.24, 2.45) is 4.99 Å². The van der Waals surface area contributed by atoms with Gasteiger partial charge in [0.15, 0.2) is 0 Å². The number of rotatable bonds is 4. The third-order valence-corrected chi connectivity index (χ3v) is 3.99. The average molecular weight is 287 g/mol. The molecule has 3 rings (SSSR count). The van der Waals surface area contributed by atoms with E-state index in [0.717, 1.165) is 34.2 Å². The Kier molecular flexibility index (Phi) is 4.02. The Labute approximate surface area is 121 Å². The van der Waals surface area contributed by atoms with Crippen LogP contribution in [0.3, 0.4) is 0 Å². The van der Waals surface area contributed by atoms with E-state index in [0.29, 0.717) is 6.61 Å². The van der Waals surface area contributed by atoms with Crippen molar-refractivity contribution in [1.82, 2.24) is 0 Å². The van der Waals surface area contributed by atoms with Crippen LogP contribution in [0.15, 0.2) is 53.5 Å². The van der Waals surface area contributed by atoms with E-state index < -0.39 is 0 Å². The van der Waals surface area contributed by atoms with Gasteiger partial charge in [0.05, 0.1) is 5.04 Å². The minimum atomic E-state index is -0.239. The Bertz CT molecular complexity index is 642. The second kappa shape index (κ2) is 6.09. The fourth-order valence-electron chi connectivity index (χ4n) is 2.02. The van der Waals surface area contributed by atoms with Gasteiger partial charge in [-0.15, -0.1) is 11.8 Å². The number of hydrogen-bond acceptors (Lipinski definition) is 3. The molecule has 102 valence electrons. The second-order valence-corrected chi connectivity index (χ2v) is 5.57. The first-order valence-corrected chi connectivity index (χ1v) is 7.45. The summed E-state index contributed by atoms with van der Waals surface area (Å²) in [6.45, 7) is 1.25. The molecule has 2 aromatic rings. The fourth-order valence-corrected chi connectivity index (χ4v) is 2.87. The molecule has 0 bridgehead atoms. The summed E-state index contributed by atoms with van der Waals surface area (Å²) in [4.78, 5) is 4.45. The summed E-state index contributed by atoms with van der Waals surface area (Å²) < 4.78 is 18.8. The lowest BCUT2D eigenvalue weighted by molar-refractivity contribution is 0.305. The van der Waals surface area contributed by atoms with Crippen LogP contribution in [0.5, 0.6) is 5.75 Å². The van der Waals surface area contributed by atoms with Crippen LogP contribution >= 0.6 is 11.8 Å². The predicted octanol–water partition coefficient (Wildman–Crippen LogP) is 3.90. The van der Waals surface area contributed by atoms with Gasteiger partial charge < -0.3 is 4.74 Å². The molecule has 2 aromatic carbocycles. The Morgan fingerprint density at radius 3 is 2.85 bits per heavy atom. The first kappa shape index (κ1) is 13.2. The van der Waals surface area contributed by atoms with E-state index in [2.05, 4.69) is 4.99 Å². The maximum Gasteiger partial charge on any atom is 0.123 e. The summed E-state index contributed by atoms with van der Waals surface area (Å²) in [5, 5.41) is 1.07. The summed E-state index contributed by atoms with van der Waals surface area (Å²) in [5.41, 5.74) is 1.91. The molecule has 20 heavy (non-hydrogen) atoms. The molecular formula is C16H14FNOS. The molecule has 4 heteroatoms. The SMILES string of the molecule is Fc1cccc(COc2cccc(C3=NCCS3)c2)c1. The van der Waals surface area contributed by atoms with E-state index in [-0.39, 0.29) is 5.82 Å². The van der Waals surface area contributed by atoms with Crippen molar-refractivity contribution in [1.29, 1.82) is 0 Å². The van der Waals surface area contributed by atoms with E-state index >= 15 is 0 Å². The molecule has 0 radical (unpaired) electrons. The van der Waals surface area contributed by atoms with Crippen LogP contribution in [0.2, 0.25) is 0 Å². The van der Waals surface area contributed by atoms with Crippen molar-refractivity contribution in [3.05, 3.63) is 65.5 Å². The molecule has 0 unspecified atom stereocenters. The lowest BCUT2D eigenvalue weighted by Crippen LogP contribution is -1.98. The molecule has 0 saturated carbocycles. The molecule has 1 heterocycles. The van der Waals surface area contributed by atoms with E-state index in [1.54, 1.807) is 17.8 Å². The highest BCUT2D eigenvalue weighted by atomic mass is 32.2. The zero-order valence-corrected chi connectivity index (χ0v) is 11.7. The van der Waals surface area contributed by atoms with Crippen LogP contribution < -0.4 is 4.74 Å². The highest BCUT2D eigenvalue weighted by molar-refractivity contribution is 8.14. The third kappa shape index (κ3) is 3.20. The molecule has 0 amide bonds. The zero-order valence-electron chi connectivity index (χ0n) is 10.9. The fraction of sp³-hybridized carbons (Fsp3) is 0.188. The zero-order chi connectivity index (χ0) is 13.8. The minimum Gasteiger partial charge on any atom is -0.489 e. The summed E-state index contributed by atoms with van der Waals surface area (Å²) in [6, 6.07) is 14.3. The van der Waals surface area contributed by atoms with Crippen molar-refractivity contribution in [2.75, 3.05) is 12.3 Å². The van der Waals surface area contributed by atoms with Crippen molar-refractivity contribution >= 4 is 16.8 Å². The van der Waals surface area contributed by atoms with Gasteiger partial charge in [0, 0.05) is 17.9 Å². The Hall–Kier alpha value is -1.81. The van der Waals surface area contributed by atoms with Gasteiger partial charge in [-0.25, -0.2) is 4.39 Å². The highest BCUT2D eigenvalue weighted by Gasteiger charge is 2.10. The van der Waals surface area contributed by atoms with Gasteiger partial charge in [0.2, 0.25) is 0 Å². The minimum absolute atomic E-state index is 0.239. The van der Waals surface area contributed by atoms with Gasteiger partial charge in [0.1, 0.15) is 18.2 Å². The van der Waals surface area contributed by atoms with Gasteiger partial charge in [-0.05, 0) is 29.8 Å². The Balaban J connectivity index is 1.70. The van der Waals surface area contributed by atoms with Crippen molar-refractivity contribution in [3.8, 4) is 5.75 Å². The third-order valence-electron chi connectivity index (χ3n) is 2.96. The molecule has 0 N–H and O–H groups in total. The normalized spacial score (nSPS) is 14.2. The lowest BCUT2D eigenvalue weighted by atomic mass is 10.2. The van der Waals surface area contributed by atoms with Crippen LogP contribution in [-0.4, -0.2) is 17.3 Å². The number of hydrogen-bond donors (Lipinski definition) is 0. The van der Waals surface area contributed by atoms with Gasteiger partial charge in [-0.1, -0.05) is 24.3 Å².